The average Bonchev–Trinajstić information content (AvgIpc) is 3.23. The highest BCUT2D eigenvalue weighted by Gasteiger charge is 2.23. The van der Waals surface area contributed by atoms with Crippen LogP contribution in [0.5, 0.6) is 0 Å². The molecule has 0 aliphatic rings. The Labute approximate surface area is 162 Å². The predicted molar refractivity (Wildman–Crippen MR) is 110 cm³/mol. The van der Waals surface area contributed by atoms with Gasteiger partial charge in [-0.05, 0) is 60.7 Å². The summed E-state index contributed by atoms with van der Waals surface area (Å²) < 4.78 is 5.33. The van der Waals surface area contributed by atoms with Crippen LogP contribution in [-0.4, -0.2) is 10.9 Å². The molecular formula is C23H20N2O3. The zero-order valence-electron chi connectivity index (χ0n) is 15.7. The van der Waals surface area contributed by atoms with E-state index < -0.39 is 0 Å². The van der Waals surface area contributed by atoms with Crippen molar-refractivity contribution in [2.75, 3.05) is 4.90 Å². The van der Waals surface area contributed by atoms with E-state index >= 15 is 0 Å². The van der Waals surface area contributed by atoms with Crippen molar-refractivity contribution in [1.29, 1.82) is 0 Å². The number of pyridine rings is 1. The number of anilines is 1. The van der Waals surface area contributed by atoms with E-state index in [1.54, 1.807) is 17.0 Å². The van der Waals surface area contributed by atoms with Crippen LogP contribution >= 0.6 is 0 Å². The summed E-state index contributed by atoms with van der Waals surface area (Å²) in [4.78, 5) is 30.3. The summed E-state index contributed by atoms with van der Waals surface area (Å²) in [6.45, 7) is 4.06. The topological polar surface area (TPSA) is 66.3 Å². The summed E-state index contributed by atoms with van der Waals surface area (Å²) >= 11 is 0. The lowest BCUT2D eigenvalue weighted by Crippen LogP contribution is -2.33. The van der Waals surface area contributed by atoms with Crippen molar-refractivity contribution in [2.24, 2.45) is 0 Å². The molecule has 5 heteroatoms. The molecule has 0 aliphatic heterocycles. The highest BCUT2D eigenvalue weighted by Crippen LogP contribution is 2.25. The van der Waals surface area contributed by atoms with E-state index in [1.165, 1.54) is 6.26 Å². The molecule has 0 spiro atoms. The smallest absolute Gasteiger partial charge is 0.294 e. The molecule has 28 heavy (non-hydrogen) atoms. The molecule has 0 aliphatic carbocycles. The molecule has 5 nitrogen and oxygen atoms in total. The molecule has 2 aromatic heterocycles. The number of carbonyl (C=O) groups excluding carboxylic acids is 1. The lowest BCUT2D eigenvalue weighted by Gasteiger charge is -2.24. The molecule has 0 atom stereocenters. The maximum atomic E-state index is 13.2. The summed E-state index contributed by atoms with van der Waals surface area (Å²) in [6.07, 6.45) is 1.47. The normalized spacial score (nSPS) is 10.9. The highest BCUT2D eigenvalue weighted by molar-refractivity contribution is 6.04. The average molecular weight is 372 g/mol. The second kappa shape index (κ2) is 7.19. The predicted octanol–water partition coefficient (Wildman–Crippen LogP) is 4.58. The van der Waals surface area contributed by atoms with Crippen LogP contribution in [0.1, 0.15) is 27.2 Å². The Hall–Kier alpha value is -3.60. The summed E-state index contributed by atoms with van der Waals surface area (Å²) in [6, 6.07) is 18.6. The van der Waals surface area contributed by atoms with Crippen molar-refractivity contribution in [3.05, 3.63) is 99.7 Å². The van der Waals surface area contributed by atoms with Crippen LogP contribution in [0.3, 0.4) is 0 Å². The molecule has 0 fully saturated rings. The Morgan fingerprint density at radius 1 is 1.04 bits per heavy atom. The second-order valence-corrected chi connectivity index (χ2v) is 6.87. The lowest BCUT2D eigenvalue weighted by molar-refractivity contribution is 0.0958. The first-order valence-electron chi connectivity index (χ1n) is 9.06. The molecule has 4 aromatic rings. The molecular weight excluding hydrogens is 352 g/mol. The molecule has 2 aromatic carbocycles. The van der Waals surface area contributed by atoms with Gasteiger partial charge in [0.2, 0.25) is 0 Å². The number of rotatable bonds is 4. The van der Waals surface area contributed by atoms with Gasteiger partial charge in [-0.15, -0.1) is 0 Å². The number of H-pyrrole nitrogens is 1. The van der Waals surface area contributed by atoms with Crippen LogP contribution in [-0.2, 0) is 6.54 Å². The number of aryl methyl sites for hydroxylation is 2. The summed E-state index contributed by atoms with van der Waals surface area (Å²) in [7, 11) is 0. The number of fused-ring (bicyclic) bond motifs is 1. The molecule has 0 unspecified atom stereocenters. The number of aromatic amines is 1. The molecule has 4 rings (SSSR count). The van der Waals surface area contributed by atoms with Crippen LogP contribution in [0, 0.1) is 13.8 Å². The first-order chi connectivity index (χ1) is 13.5. The van der Waals surface area contributed by atoms with Gasteiger partial charge in [-0.3, -0.25) is 9.59 Å². The molecule has 1 amide bonds. The quantitative estimate of drug-likeness (QED) is 0.570. The molecule has 0 radical (unpaired) electrons. The van der Waals surface area contributed by atoms with Gasteiger partial charge in [-0.2, -0.15) is 0 Å². The summed E-state index contributed by atoms with van der Waals surface area (Å²) in [5, 5.41) is 0.920. The minimum atomic E-state index is -0.286. The molecule has 0 saturated carbocycles. The van der Waals surface area contributed by atoms with Crippen molar-refractivity contribution in [2.45, 2.75) is 20.4 Å². The molecule has 0 saturated heterocycles. The first kappa shape index (κ1) is 17.8. The molecule has 0 bridgehead atoms. The number of para-hydroxylation sites is 1. The van der Waals surface area contributed by atoms with Gasteiger partial charge < -0.3 is 14.3 Å². The van der Waals surface area contributed by atoms with Crippen molar-refractivity contribution >= 4 is 22.5 Å². The zero-order valence-corrected chi connectivity index (χ0v) is 15.7. The van der Waals surface area contributed by atoms with Crippen LogP contribution in [0.25, 0.3) is 10.9 Å². The van der Waals surface area contributed by atoms with Crippen molar-refractivity contribution in [3.63, 3.8) is 0 Å². The van der Waals surface area contributed by atoms with Crippen molar-refractivity contribution < 1.29 is 9.21 Å². The zero-order chi connectivity index (χ0) is 19.7. The monoisotopic (exact) mass is 372 g/mol. The van der Waals surface area contributed by atoms with Gasteiger partial charge in [0.1, 0.15) is 0 Å². The number of carbonyl (C=O) groups is 1. The summed E-state index contributed by atoms with van der Waals surface area (Å²) in [5.74, 6) is -0.0515. The summed E-state index contributed by atoms with van der Waals surface area (Å²) in [5.41, 5.74) is 3.81. The highest BCUT2D eigenvalue weighted by atomic mass is 16.3. The fourth-order valence-electron chi connectivity index (χ4n) is 3.29. The fourth-order valence-corrected chi connectivity index (χ4v) is 3.29. The minimum Gasteiger partial charge on any atom is -0.459 e. The SMILES string of the molecule is Cc1ccc(C)c(N(Cc2cc3ccccc3[nH]c2=O)C(=O)c2ccco2)c1. The number of benzene rings is 2. The number of furan rings is 1. The molecule has 2 heterocycles. The van der Waals surface area contributed by atoms with Crippen LogP contribution < -0.4 is 10.5 Å². The van der Waals surface area contributed by atoms with E-state index in [9.17, 15) is 9.59 Å². The van der Waals surface area contributed by atoms with Gasteiger partial charge in [-0.25, -0.2) is 0 Å². The van der Waals surface area contributed by atoms with Gasteiger partial charge in [0, 0.05) is 16.8 Å². The first-order valence-corrected chi connectivity index (χ1v) is 9.06. The third-order valence-corrected chi connectivity index (χ3v) is 4.79. The number of nitrogens with one attached hydrogen (secondary N) is 1. The number of nitrogens with zero attached hydrogens (tertiary/aromatic N) is 1. The van der Waals surface area contributed by atoms with Crippen LogP contribution in [0.2, 0.25) is 0 Å². The standard InChI is InChI=1S/C23H20N2O3/c1-15-9-10-16(2)20(12-15)25(23(27)21-8-5-11-28-21)14-18-13-17-6-3-4-7-19(17)24-22(18)26/h3-13H,14H2,1-2H3,(H,24,26). The van der Waals surface area contributed by atoms with E-state index in [1.807, 2.05) is 62.4 Å². The Morgan fingerprint density at radius 3 is 2.64 bits per heavy atom. The number of aromatic nitrogens is 1. The minimum absolute atomic E-state index is 0.143. The van der Waals surface area contributed by atoms with E-state index in [-0.39, 0.29) is 23.8 Å². The van der Waals surface area contributed by atoms with Gasteiger partial charge in [0.15, 0.2) is 5.76 Å². The van der Waals surface area contributed by atoms with E-state index in [0.29, 0.717) is 5.56 Å². The number of hydrogen-bond acceptors (Lipinski definition) is 3. The van der Waals surface area contributed by atoms with Gasteiger partial charge in [0.05, 0.1) is 12.8 Å². The Kier molecular flexibility index (Phi) is 4.57. The van der Waals surface area contributed by atoms with Crippen LogP contribution in [0.15, 0.2) is 76.1 Å². The van der Waals surface area contributed by atoms with E-state index in [4.69, 9.17) is 4.42 Å². The van der Waals surface area contributed by atoms with Crippen LogP contribution in [0.4, 0.5) is 5.69 Å². The van der Waals surface area contributed by atoms with Gasteiger partial charge >= 0.3 is 0 Å². The third kappa shape index (κ3) is 3.34. The maximum Gasteiger partial charge on any atom is 0.294 e. The van der Waals surface area contributed by atoms with E-state index in [2.05, 4.69) is 4.98 Å². The fraction of sp³-hybridized carbons (Fsp3) is 0.130. The Bertz CT molecular complexity index is 1210. The largest absolute Gasteiger partial charge is 0.459 e. The number of hydrogen-bond donors (Lipinski definition) is 1. The molecule has 1 N–H and O–H groups in total. The van der Waals surface area contributed by atoms with Gasteiger partial charge in [-0.1, -0.05) is 30.3 Å². The lowest BCUT2D eigenvalue weighted by atomic mass is 10.1. The van der Waals surface area contributed by atoms with E-state index in [0.717, 1.165) is 27.7 Å². The number of amides is 1. The molecule has 140 valence electrons. The third-order valence-electron chi connectivity index (χ3n) is 4.79. The maximum absolute atomic E-state index is 13.2. The Balaban J connectivity index is 1.82. The van der Waals surface area contributed by atoms with Crippen molar-refractivity contribution in [3.8, 4) is 0 Å². The van der Waals surface area contributed by atoms with Crippen molar-refractivity contribution in [1.82, 2.24) is 4.98 Å². The van der Waals surface area contributed by atoms with Gasteiger partial charge in [0.25, 0.3) is 11.5 Å². The Morgan fingerprint density at radius 2 is 1.86 bits per heavy atom. The second-order valence-electron chi connectivity index (χ2n) is 6.87.